The highest BCUT2D eigenvalue weighted by atomic mass is 16.5. The number of allylic oxidation sites excluding steroid dienone is 2. The molecule has 0 fully saturated rings. The van der Waals surface area contributed by atoms with Gasteiger partial charge in [0.1, 0.15) is 6.61 Å². The number of benzene rings is 1. The van der Waals surface area contributed by atoms with Crippen molar-refractivity contribution in [3.63, 3.8) is 0 Å². The molecule has 124 valence electrons. The number of methoxy groups -OCH3 is 1. The van der Waals surface area contributed by atoms with E-state index in [1.807, 2.05) is 42.5 Å². The van der Waals surface area contributed by atoms with E-state index in [1.54, 1.807) is 6.08 Å². The topological polar surface area (TPSA) is 52.6 Å². The van der Waals surface area contributed by atoms with Gasteiger partial charge in [0.05, 0.1) is 13.0 Å². The average molecular weight is 316 g/mol. The first-order chi connectivity index (χ1) is 11.2. The van der Waals surface area contributed by atoms with Gasteiger partial charge >= 0.3 is 11.9 Å². The molecule has 1 atom stereocenters. The van der Waals surface area contributed by atoms with Crippen molar-refractivity contribution in [2.75, 3.05) is 13.7 Å². The minimum Gasteiger partial charge on any atom is -0.469 e. The largest absolute Gasteiger partial charge is 0.469 e. The van der Waals surface area contributed by atoms with Gasteiger partial charge in [0.25, 0.3) is 0 Å². The van der Waals surface area contributed by atoms with Crippen LogP contribution in [0.15, 0.2) is 48.6 Å². The van der Waals surface area contributed by atoms with E-state index in [9.17, 15) is 9.59 Å². The summed E-state index contributed by atoms with van der Waals surface area (Å²) in [4.78, 5) is 23.4. The summed E-state index contributed by atoms with van der Waals surface area (Å²) >= 11 is 0. The second-order valence-corrected chi connectivity index (χ2v) is 5.05. The van der Waals surface area contributed by atoms with Crippen LogP contribution in [0.25, 0.3) is 6.08 Å². The predicted molar refractivity (Wildman–Crippen MR) is 90.6 cm³/mol. The fourth-order valence-electron chi connectivity index (χ4n) is 1.98. The van der Waals surface area contributed by atoms with E-state index < -0.39 is 11.9 Å². The molecule has 0 saturated carbocycles. The molecule has 4 nitrogen and oxygen atoms in total. The fraction of sp³-hybridized carbons (Fsp3) is 0.368. The third-order valence-corrected chi connectivity index (χ3v) is 3.26. The molecule has 0 N–H and O–H groups in total. The Morgan fingerprint density at radius 1 is 1.17 bits per heavy atom. The highest BCUT2D eigenvalue weighted by Gasteiger charge is 2.20. The van der Waals surface area contributed by atoms with Crippen LogP contribution in [0.3, 0.4) is 0 Å². The third kappa shape index (κ3) is 8.00. The molecule has 0 spiro atoms. The zero-order valence-electron chi connectivity index (χ0n) is 13.7. The Bertz CT molecular complexity index is 532. The molecule has 4 heteroatoms. The first-order valence-corrected chi connectivity index (χ1v) is 7.80. The van der Waals surface area contributed by atoms with E-state index in [1.165, 1.54) is 13.2 Å². The summed E-state index contributed by atoms with van der Waals surface area (Å²) in [5.74, 6) is -1.25. The molecule has 1 aromatic rings. The number of hydrogen-bond acceptors (Lipinski definition) is 4. The van der Waals surface area contributed by atoms with Crippen molar-refractivity contribution < 1.29 is 19.1 Å². The van der Waals surface area contributed by atoms with Crippen molar-refractivity contribution in [2.45, 2.75) is 26.2 Å². The van der Waals surface area contributed by atoms with Crippen LogP contribution in [0.1, 0.15) is 31.7 Å². The van der Waals surface area contributed by atoms with Gasteiger partial charge in [-0.1, -0.05) is 49.4 Å². The maximum Gasteiger partial charge on any atom is 0.330 e. The van der Waals surface area contributed by atoms with Gasteiger partial charge in [0.2, 0.25) is 0 Å². The Hall–Kier alpha value is -2.36. The fourth-order valence-corrected chi connectivity index (χ4v) is 1.98. The SMILES string of the molecule is CCC=CCCC(COC(=O)/C=C/c1ccccc1)C(=O)OC. The van der Waals surface area contributed by atoms with Crippen molar-refractivity contribution in [3.8, 4) is 0 Å². The molecule has 0 aliphatic carbocycles. The minimum absolute atomic E-state index is 0.0323. The first-order valence-electron chi connectivity index (χ1n) is 7.80. The van der Waals surface area contributed by atoms with Gasteiger partial charge in [0, 0.05) is 6.08 Å². The first kappa shape index (κ1) is 18.7. The molecule has 23 heavy (non-hydrogen) atoms. The van der Waals surface area contributed by atoms with Crippen LogP contribution >= 0.6 is 0 Å². The van der Waals surface area contributed by atoms with Crippen LogP contribution in [0.4, 0.5) is 0 Å². The molecular formula is C19H24O4. The van der Waals surface area contributed by atoms with Gasteiger partial charge in [-0.3, -0.25) is 4.79 Å². The van der Waals surface area contributed by atoms with Crippen molar-refractivity contribution in [1.29, 1.82) is 0 Å². The molecule has 1 unspecified atom stereocenters. The molecule has 0 aliphatic heterocycles. The van der Waals surface area contributed by atoms with Gasteiger partial charge in [0.15, 0.2) is 0 Å². The summed E-state index contributed by atoms with van der Waals surface area (Å²) in [7, 11) is 1.34. The maximum absolute atomic E-state index is 11.7. The number of esters is 2. The summed E-state index contributed by atoms with van der Waals surface area (Å²) in [6.45, 7) is 2.08. The summed E-state index contributed by atoms with van der Waals surface area (Å²) in [5.41, 5.74) is 0.915. The number of carbonyl (C=O) groups is 2. The third-order valence-electron chi connectivity index (χ3n) is 3.26. The van der Waals surface area contributed by atoms with E-state index in [4.69, 9.17) is 9.47 Å². The standard InChI is InChI=1S/C19H24O4/c1-3-4-5-9-12-17(19(21)22-2)15-23-18(20)14-13-16-10-7-6-8-11-16/h4-8,10-11,13-14,17H,3,9,12,15H2,1-2H3/b5-4?,14-13+. The van der Waals surface area contributed by atoms with Gasteiger partial charge in [-0.2, -0.15) is 0 Å². The molecule has 0 radical (unpaired) electrons. The Kier molecular flexibility index (Phi) is 9.13. The molecule has 0 bridgehead atoms. The Morgan fingerprint density at radius 2 is 1.91 bits per heavy atom. The van der Waals surface area contributed by atoms with E-state index in [-0.39, 0.29) is 12.6 Å². The summed E-state index contributed by atoms with van der Waals surface area (Å²) in [6, 6.07) is 9.47. The number of rotatable bonds is 9. The van der Waals surface area contributed by atoms with Gasteiger partial charge < -0.3 is 9.47 Å². The van der Waals surface area contributed by atoms with E-state index in [2.05, 4.69) is 6.92 Å². The van der Waals surface area contributed by atoms with Crippen LogP contribution in [-0.2, 0) is 19.1 Å². The normalized spacial score (nSPS) is 12.4. The summed E-state index contributed by atoms with van der Waals surface area (Å²) in [5, 5.41) is 0. The van der Waals surface area contributed by atoms with Crippen molar-refractivity contribution in [1.82, 2.24) is 0 Å². The predicted octanol–water partition coefficient (Wildman–Crippen LogP) is 3.78. The molecule has 0 saturated heterocycles. The molecule has 0 amide bonds. The van der Waals surface area contributed by atoms with Crippen LogP contribution in [0.2, 0.25) is 0 Å². The molecule has 1 aromatic carbocycles. The van der Waals surface area contributed by atoms with Gasteiger partial charge in [-0.05, 0) is 30.9 Å². The maximum atomic E-state index is 11.7. The minimum atomic E-state index is -0.466. The summed E-state index contributed by atoms with van der Waals surface area (Å²) in [6.07, 6.45) is 9.42. The molecular weight excluding hydrogens is 292 g/mol. The highest BCUT2D eigenvalue weighted by molar-refractivity contribution is 5.87. The zero-order chi connectivity index (χ0) is 16.9. The van der Waals surface area contributed by atoms with Crippen LogP contribution in [0.5, 0.6) is 0 Å². The monoisotopic (exact) mass is 316 g/mol. The zero-order valence-corrected chi connectivity index (χ0v) is 13.7. The number of ether oxygens (including phenoxy) is 2. The Balaban J connectivity index is 2.46. The lowest BCUT2D eigenvalue weighted by molar-refractivity contribution is -0.151. The van der Waals surface area contributed by atoms with Gasteiger partial charge in [-0.15, -0.1) is 0 Å². The average Bonchev–Trinajstić information content (AvgIpc) is 2.59. The van der Waals surface area contributed by atoms with E-state index >= 15 is 0 Å². The number of carbonyl (C=O) groups excluding carboxylic acids is 2. The Morgan fingerprint density at radius 3 is 2.57 bits per heavy atom. The smallest absolute Gasteiger partial charge is 0.330 e. The lowest BCUT2D eigenvalue weighted by atomic mass is 10.0. The lowest BCUT2D eigenvalue weighted by Gasteiger charge is -2.13. The number of hydrogen-bond donors (Lipinski definition) is 0. The second kappa shape index (κ2) is 11.2. The van der Waals surface area contributed by atoms with Crippen LogP contribution in [0, 0.1) is 5.92 Å². The lowest BCUT2D eigenvalue weighted by Crippen LogP contribution is -2.23. The van der Waals surface area contributed by atoms with Gasteiger partial charge in [-0.25, -0.2) is 4.79 Å². The van der Waals surface area contributed by atoms with Crippen molar-refractivity contribution in [2.24, 2.45) is 5.92 Å². The van der Waals surface area contributed by atoms with Crippen LogP contribution < -0.4 is 0 Å². The van der Waals surface area contributed by atoms with E-state index in [0.29, 0.717) is 6.42 Å². The summed E-state index contributed by atoms with van der Waals surface area (Å²) < 4.78 is 9.91. The molecule has 1 rings (SSSR count). The second-order valence-electron chi connectivity index (χ2n) is 5.05. The quantitative estimate of drug-likeness (QED) is 0.395. The molecule has 0 aromatic heterocycles. The van der Waals surface area contributed by atoms with Crippen molar-refractivity contribution in [3.05, 3.63) is 54.1 Å². The highest BCUT2D eigenvalue weighted by Crippen LogP contribution is 2.11. The van der Waals surface area contributed by atoms with Crippen molar-refractivity contribution >= 4 is 18.0 Å². The van der Waals surface area contributed by atoms with Crippen LogP contribution in [-0.4, -0.2) is 25.7 Å². The molecule has 0 heterocycles. The van der Waals surface area contributed by atoms with E-state index in [0.717, 1.165) is 18.4 Å². The Labute approximate surface area is 137 Å². The molecule has 0 aliphatic rings.